The standard InChI is InChI=1S/C17H27NO/c1-7-13(3)18-11-16(19)15-10-14(17(4,5)6)9-8-12(15)2/h8-10,13,18H,7,11H2,1-6H3. The number of hydrogen-bond donors (Lipinski definition) is 1. The van der Waals surface area contributed by atoms with Gasteiger partial charge < -0.3 is 5.32 Å². The summed E-state index contributed by atoms with van der Waals surface area (Å²) in [7, 11) is 0. The van der Waals surface area contributed by atoms with Crippen molar-refractivity contribution >= 4 is 5.78 Å². The first-order valence-corrected chi connectivity index (χ1v) is 7.13. The minimum atomic E-state index is 0.0763. The molecule has 0 bridgehead atoms. The predicted octanol–water partition coefficient (Wildman–Crippen LogP) is 3.86. The number of carbonyl (C=O) groups is 1. The van der Waals surface area contributed by atoms with Crippen molar-refractivity contribution in [1.29, 1.82) is 0 Å². The summed E-state index contributed by atoms with van der Waals surface area (Å²) < 4.78 is 0. The third-order valence-electron chi connectivity index (χ3n) is 3.63. The zero-order valence-electron chi connectivity index (χ0n) is 13.1. The van der Waals surface area contributed by atoms with Crippen LogP contribution in [0.25, 0.3) is 0 Å². The van der Waals surface area contributed by atoms with Crippen LogP contribution in [0, 0.1) is 6.92 Å². The van der Waals surface area contributed by atoms with Crippen molar-refractivity contribution in [3.05, 3.63) is 34.9 Å². The van der Waals surface area contributed by atoms with Crippen LogP contribution >= 0.6 is 0 Å². The van der Waals surface area contributed by atoms with Crippen LogP contribution in [-0.4, -0.2) is 18.4 Å². The molecule has 1 unspecified atom stereocenters. The predicted molar refractivity (Wildman–Crippen MR) is 82.0 cm³/mol. The largest absolute Gasteiger partial charge is 0.307 e. The van der Waals surface area contributed by atoms with Gasteiger partial charge in [0.05, 0.1) is 6.54 Å². The highest BCUT2D eigenvalue weighted by molar-refractivity contribution is 5.99. The van der Waals surface area contributed by atoms with Gasteiger partial charge in [-0.15, -0.1) is 0 Å². The molecule has 0 saturated carbocycles. The minimum Gasteiger partial charge on any atom is -0.307 e. The summed E-state index contributed by atoms with van der Waals surface area (Å²) in [5, 5.41) is 3.27. The van der Waals surface area contributed by atoms with E-state index in [2.05, 4.69) is 58.1 Å². The molecule has 0 spiro atoms. The fourth-order valence-corrected chi connectivity index (χ4v) is 1.90. The Morgan fingerprint density at radius 1 is 1.32 bits per heavy atom. The van der Waals surface area contributed by atoms with Crippen LogP contribution in [0.15, 0.2) is 18.2 Å². The molecule has 0 saturated heterocycles. The van der Waals surface area contributed by atoms with Crippen molar-refractivity contribution in [3.63, 3.8) is 0 Å². The molecule has 0 aromatic heterocycles. The minimum absolute atomic E-state index is 0.0763. The number of Topliss-reactive ketones (excluding diaryl/α,β-unsaturated/α-hetero) is 1. The maximum atomic E-state index is 12.3. The van der Waals surface area contributed by atoms with Gasteiger partial charge in [0.1, 0.15) is 0 Å². The van der Waals surface area contributed by atoms with E-state index in [0.717, 1.165) is 17.5 Å². The molecule has 0 amide bonds. The molecule has 0 radical (unpaired) electrons. The zero-order valence-corrected chi connectivity index (χ0v) is 13.1. The van der Waals surface area contributed by atoms with Gasteiger partial charge in [-0.3, -0.25) is 4.79 Å². The zero-order chi connectivity index (χ0) is 14.6. The number of rotatable bonds is 5. The fraction of sp³-hybridized carbons (Fsp3) is 0.588. The summed E-state index contributed by atoms with van der Waals surface area (Å²) in [6.45, 7) is 13.2. The lowest BCUT2D eigenvalue weighted by atomic mass is 9.85. The summed E-state index contributed by atoms with van der Waals surface area (Å²) in [6, 6.07) is 6.61. The van der Waals surface area contributed by atoms with E-state index in [9.17, 15) is 4.79 Å². The van der Waals surface area contributed by atoms with Gasteiger partial charge in [-0.2, -0.15) is 0 Å². The Morgan fingerprint density at radius 2 is 1.95 bits per heavy atom. The van der Waals surface area contributed by atoms with Gasteiger partial charge in [-0.25, -0.2) is 0 Å². The average molecular weight is 261 g/mol. The van der Waals surface area contributed by atoms with E-state index in [1.54, 1.807) is 0 Å². The molecule has 19 heavy (non-hydrogen) atoms. The highest BCUT2D eigenvalue weighted by atomic mass is 16.1. The van der Waals surface area contributed by atoms with E-state index in [1.165, 1.54) is 5.56 Å². The fourth-order valence-electron chi connectivity index (χ4n) is 1.90. The molecule has 1 atom stereocenters. The lowest BCUT2D eigenvalue weighted by molar-refractivity contribution is 0.0987. The van der Waals surface area contributed by atoms with Gasteiger partial charge in [0.2, 0.25) is 0 Å². The number of hydrogen-bond acceptors (Lipinski definition) is 2. The summed E-state index contributed by atoms with van der Waals surface area (Å²) in [5.41, 5.74) is 3.20. The number of ketones is 1. The van der Waals surface area contributed by atoms with Crippen molar-refractivity contribution in [2.75, 3.05) is 6.54 Å². The van der Waals surface area contributed by atoms with E-state index in [0.29, 0.717) is 12.6 Å². The van der Waals surface area contributed by atoms with Gasteiger partial charge in [0.25, 0.3) is 0 Å². The molecule has 0 aliphatic heterocycles. The van der Waals surface area contributed by atoms with Crippen LogP contribution in [-0.2, 0) is 5.41 Å². The van der Waals surface area contributed by atoms with Crippen molar-refractivity contribution < 1.29 is 4.79 Å². The van der Waals surface area contributed by atoms with Gasteiger partial charge >= 0.3 is 0 Å². The molecule has 0 fully saturated rings. The third kappa shape index (κ3) is 4.46. The van der Waals surface area contributed by atoms with E-state index >= 15 is 0 Å². The number of benzene rings is 1. The summed E-state index contributed by atoms with van der Waals surface area (Å²) in [4.78, 5) is 12.3. The Balaban J connectivity index is 2.90. The maximum Gasteiger partial charge on any atom is 0.176 e. The normalized spacial score (nSPS) is 13.4. The quantitative estimate of drug-likeness (QED) is 0.815. The molecule has 0 aliphatic carbocycles. The van der Waals surface area contributed by atoms with Gasteiger partial charge in [-0.1, -0.05) is 39.8 Å². The van der Waals surface area contributed by atoms with Crippen molar-refractivity contribution in [3.8, 4) is 0 Å². The SMILES string of the molecule is CCC(C)NCC(=O)c1cc(C(C)(C)C)ccc1C. The van der Waals surface area contributed by atoms with Gasteiger partial charge in [0.15, 0.2) is 5.78 Å². The van der Waals surface area contributed by atoms with Crippen LogP contribution in [0.4, 0.5) is 0 Å². The Hall–Kier alpha value is -1.15. The molecule has 2 nitrogen and oxygen atoms in total. The molecule has 2 heteroatoms. The highest BCUT2D eigenvalue weighted by Crippen LogP contribution is 2.24. The smallest absolute Gasteiger partial charge is 0.176 e. The molecule has 1 rings (SSSR count). The first-order valence-electron chi connectivity index (χ1n) is 7.13. The van der Waals surface area contributed by atoms with E-state index < -0.39 is 0 Å². The summed E-state index contributed by atoms with van der Waals surface area (Å²) >= 11 is 0. The van der Waals surface area contributed by atoms with Crippen LogP contribution in [0.3, 0.4) is 0 Å². The Labute approximate surface area is 117 Å². The van der Waals surface area contributed by atoms with Crippen molar-refractivity contribution in [1.82, 2.24) is 5.32 Å². The van der Waals surface area contributed by atoms with Gasteiger partial charge in [-0.05, 0) is 42.9 Å². The van der Waals surface area contributed by atoms with Crippen LogP contribution in [0.5, 0.6) is 0 Å². The number of aryl methyl sites for hydroxylation is 1. The lowest BCUT2D eigenvalue weighted by Gasteiger charge is -2.20. The van der Waals surface area contributed by atoms with E-state index in [4.69, 9.17) is 0 Å². The monoisotopic (exact) mass is 261 g/mol. The summed E-state index contributed by atoms with van der Waals surface area (Å²) in [6.07, 6.45) is 1.04. The van der Waals surface area contributed by atoms with Crippen LogP contribution < -0.4 is 5.32 Å². The molecule has 0 heterocycles. The first-order chi connectivity index (χ1) is 8.75. The molecule has 1 N–H and O–H groups in total. The number of nitrogens with one attached hydrogen (secondary N) is 1. The molecule has 1 aromatic carbocycles. The van der Waals surface area contributed by atoms with E-state index in [1.807, 2.05) is 6.92 Å². The van der Waals surface area contributed by atoms with E-state index in [-0.39, 0.29) is 11.2 Å². The molecular formula is C17H27NO. The maximum absolute atomic E-state index is 12.3. The first kappa shape index (κ1) is 15.9. The Morgan fingerprint density at radius 3 is 2.47 bits per heavy atom. The second-order valence-electron chi connectivity index (χ2n) is 6.39. The van der Waals surface area contributed by atoms with Gasteiger partial charge in [0, 0.05) is 11.6 Å². The molecule has 1 aromatic rings. The Kier molecular flexibility index (Phi) is 5.30. The highest BCUT2D eigenvalue weighted by Gasteiger charge is 2.17. The number of carbonyl (C=O) groups excluding carboxylic acids is 1. The molecule has 106 valence electrons. The second kappa shape index (κ2) is 6.33. The van der Waals surface area contributed by atoms with Crippen molar-refractivity contribution in [2.24, 2.45) is 0 Å². The molecular weight excluding hydrogens is 234 g/mol. The molecule has 0 aliphatic rings. The van der Waals surface area contributed by atoms with Crippen molar-refractivity contribution in [2.45, 2.75) is 59.4 Å². The third-order valence-corrected chi connectivity index (χ3v) is 3.63. The average Bonchev–Trinajstić information content (AvgIpc) is 2.34. The Bertz CT molecular complexity index is 443. The summed E-state index contributed by atoms with van der Waals surface area (Å²) in [5.74, 6) is 0.184. The van der Waals surface area contributed by atoms with Crippen LogP contribution in [0.2, 0.25) is 0 Å². The second-order valence-corrected chi connectivity index (χ2v) is 6.39. The lowest BCUT2D eigenvalue weighted by Crippen LogP contribution is -2.31. The topological polar surface area (TPSA) is 29.1 Å². The van der Waals surface area contributed by atoms with Crippen LogP contribution in [0.1, 0.15) is 62.5 Å².